The van der Waals surface area contributed by atoms with Gasteiger partial charge in [-0.25, -0.2) is 0 Å². The Morgan fingerprint density at radius 1 is 1.29 bits per heavy atom. The molecule has 1 unspecified atom stereocenters. The number of piperidine rings is 1. The van der Waals surface area contributed by atoms with Crippen LogP contribution in [-0.4, -0.2) is 40.5 Å². The van der Waals surface area contributed by atoms with Crippen LogP contribution in [0.25, 0.3) is 0 Å². The molecular weight excluding hydrogens is 334 g/mol. The number of nitrogens with one attached hydrogen (secondary N) is 2. The van der Waals surface area contributed by atoms with Gasteiger partial charge in [-0.2, -0.15) is 0 Å². The van der Waals surface area contributed by atoms with E-state index in [1.165, 1.54) is 0 Å². The van der Waals surface area contributed by atoms with E-state index in [0.29, 0.717) is 31.5 Å². The molecule has 1 saturated heterocycles. The molecule has 0 bridgehead atoms. The highest BCUT2D eigenvalue weighted by Gasteiger charge is 2.35. The summed E-state index contributed by atoms with van der Waals surface area (Å²) in [4.78, 5) is 48.8. The zero-order valence-corrected chi connectivity index (χ0v) is 13.6. The van der Waals surface area contributed by atoms with E-state index < -0.39 is 17.9 Å². The summed E-state index contributed by atoms with van der Waals surface area (Å²) in [7, 11) is 0. The zero-order valence-electron chi connectivity index (χ0n) is 12.8. The fraction of sp³-hybridized carbons (Fsp3) is 0.375. The van der Waals surface area contributed by atoms with Gasteiger partial charge in [-0.05, 0) is 23.6 Å². The van der Waals surface area contributed by atoms with Crippen molar-refractivity contribution >= 4 is 35.2 Å². The summed E-state index contributed by atoms with van der Waals surface area (Å²) in [6.07, 6.45) is 0.770. The number of hydrogen-bond acceptors (Lipinski definition) is 5. The van der Waals surface area contributed by atoms with Crippen LogP contribution < -0.4 is 10.6 Å². The first-order valence-corrected chi connectivity index (χ1v) is 8.11. The maximum atomic E-state index is 12.2. The van der Waals surface area contributed by atoms with Crippen LogP contribution in [0.2, 0.25) is 0 Å². The summed E-state index contributed by atoms with van der Waals surface area (Å²) in [5.74, 6) is -1.90. The van der Waals surface area contributed by atoms with Gasteiger partial charge in [0.1, 0.15) is 5.88 Å². The number of rotatable bonds is 3. The number of carbonyl (C=O) groups excluding carboxylic acids is 4. The Kier molecular flexibility index (Phi) is 4.64. The molecule has 1 atom stereocenters. The minimum Gasteiger partial charge on any atom is -0.295 e. The average Bonchev–Trinajstić information content (AvgIpc) is 2.98. The number of carbonyl (C=O) groups is 4. The van der Waals surface area contributed by atoms with E-state index in [1.807, 2.05) is 11.0 Å². The third-order valence-corrected chi connectivity index (χ3v) is 4.52. The molecule has 0 aliphatic carbocycles. The quantitative estimate of drug-likeness (QED) is 0.604. The number of amides is 4. The molecule has 2 N–H and O–H groups in total. The average molecular weight is 350 g/mol. The Morgan fingerprint density at radius 3 is 2.79 bits per heavy atom. The predicted molar refractivity (Wildman–Crippen MR) is 85.1 cm³/mol. The van der Waals surface area contributed by atoms with Crippen molar-refractivity contribution in [2.24, 2.45) is 0 Å². The van der Waals surface area contributed by atoms with Crippen LogP contribution in [0.4, 0.5) is 0 Å². The largest absolute Gasteiger partial charge is 0.295 e. The first-order chi connectivity index (χ1) is 11.5. The van der Waals surface area contributed by atoms with Gasteiger partial charge in [-0.1, -0.05) is 12.1 Å². The molecule has 2 heterocycles. The third kappa shape index (κ3) is 3.18. The molecule has 2 aliphatic rings. The van der Waals surface area contributed by atoms with Crippen molar-refractivity contribution in [2.75, 3.05) is 5.88 Å². The van der Waals surface area contributed by atoms with E-state index in [9.17, 15) is 19.2 Å². The van der Waals surface area contributed by atoms with E-state index in [2.05, 4.69) is 10.6 Å². The highest BCUT2D eigenvalue weighted by molar-refractivity contribution is 6.29. The molecule has 8 heteroatoms. The lowest BCUT2D eigenvalue weighted by atomic mass is 10.0. The molecule has 3 rings (SSSR count). The van der Waals surface area contributed by atoms with E-state index in [-0.39, 0.29) is 17.7 Å². The van der Waals surface area contributed by atoms with Gasteiger partial charge in [0.2, 0.25) is 17.7 Å². The Morgan fingerprint density at radius 2 is 2.08 bits per heavy atom. The minimum atomic E-state index is -0.556. The van der Waals surface area contributed by atoms with Crippen LogP contribution in [0.1, 0.15) is 34.3 Å². The van der Waals surface area contributed by atoms with E-state index in [4.69, 9.17) is 11.6 Å². The molecular formula is C16H16ClN3O4. The maximum Gasteiger partial charge on any atom is 0.258 e. The van der Waals surface area contributed by atoms with Crippen molar-refractivity contribution < 1.29 is 19.2 Å². The van der Waals surface area contributed by atoms with Crippen molar-refractivity contribution in [3.8, 4) is 0 Å². The monoisotopic (exact) mass is 349 g/mol. The first kappa shape index (κ1) is 16.6. The van der Waals surface area contributed by atoms with Crippen molar-refractivity contribution in [1.82, 2.24) is 15.5 Å². The second kappa shape index (κ2) is 6.70. The van der Waals surface area contributed by atoms with Crippen molar-refractivity contribution in [3.63, 3.8) is 0 Å². The Hall–Kier alpha value is -2.25. The van der Waals surface area contributed by atoms with Crippen molar-refractivity contribution in [3.05, 3.63) is 34.9 Å². The van der Waals surface area contributed by atoms with Crippen LogP contribution in [0.5, 0.6) is 0 Å². The normalized spacial score (nSPS) is 20.5. The van der Waals surface area contributed by atoms with Crippen LogP contribution >= 0.6 is 11.6 Å². The number of benzene rings is 1. The standard InChI is InChI=1S/C16H16ClN3O4/c17-6-14(22)19-15(23)10-3-1-2-9-7-20(8-11(9)10)12-4-5-13(21)18-16(12)24/h1-3,12H,4-8H2,(H,18,21,24)(H,19,22,23). The molecule has 126 valence electrons. The minimum absolute atomic E-state index is 0.257. The molecule has 2 aliphatic heterocycles. The van der Waals surface area contributed by atoms with E-state index in [0.717, 1.165) is 11.1 Å². The smallest absolute Gasteiger partial charge is 0.258 e. The third-order valence-electron chi connectivity index (χ3n) is 4.28. The Labute approximate surface area is 143 Å². The number of hydrogen-bond donors (Lipinski definition) is 2. The highest BCUT2D eigenvalue weighted by Crippen LogP contribution is 2.29. The van der Waals surface area contributed by atoms with Gasteiger partial charge in [-0.15, -0.1) is 11.6 Å². The SMILES string of the molecule is O=C(CCl)NC(=O)c1cccc2c1CN(C1CCC(=O)NC1=O)C2. The highest BCUT2D eigenvalue weighted by atomic mass is 35.5. The Balaban J connectivity index is 1.79. The fourth-order valence-electron chi connectivity index (χ4n) is 3.14. The molecule has 0 radical (unpaired) electrons. The predicted octanol–water partition coefficient (Wildman–Crippen LogP) is 0.303. The summed E-state index contributed by atoms with van der Waals surface area (Å²) in [6.45, 7) is 0.937. The van der Waals surface area contributed by atoms with Gasteiger partial charge >= 0.3 is 0 Å². The van der Waals surface area contributed by atoms with E-state index >= 15 is 0 Å². The number of alkyl halides is 1. The van der Waals surface area contributed by atoms with Crippen LogP contribution in [0.15, 0.2) is 18.2 Å². The summed E-state index contributed by atoms with van der Waals surface area (Å²) >= 11 is 5.41. The number of halogens is 1. The number of nitrogens with zero attached hydrogens (tertiary/aromatic N) is 1. The van der Waals surface area contributed by atoms with Crippen molar-refractivity contribution in [2.45, 2.75) is 32.0 Å². The summed E-state index contributed by atoms with van der Waals surface area (Å²) in [6, 6.07) is 4.88. The van der Waals surface area contributed by atoms with Crippen LogP contribution in [-0.2, 0) is 27.5 Å². The molecule has 4 amide bonds. The molecule has 0 saturated carbocycles. The molecule has 1 aromatic rings. The van der Waals surface area contributed by atoms with Gasteiger partial charge in [0.05, 0.1) is 6.04 Å². The summed E-state index contributed by atoms with van der Waals surface area (Å²) < 4.78 is 0. The maximum absolute atomic E-state index is 12.2. The molecule has 0 spiro atoms. The van der Waals surface area contributed by atoms with Gasteiger partial charge in [-0.3, -0.25) is 34.7 Å². The van der Waals surface area contributed by atoms with Crippen LogP contribution in [0, 0.1) is 0 Å². The van der Waals surface area contributed by atoms with Gasteiger partial charge in [0.25, 0.3) is 5.91 Å². The zero-order chi connectivity index (χ0) is 17.3. The van der Waals surface area contributed by atoms with Gasteiger partial charge in [0, 0.05) is 25.1 Å². The second-order valence-electron chi connectivity index (χ2n) is 5.83. The molecule has 7 nitrogen and oxygen atoms in total. The first-order valence-electron chi connectivity index (χ1n) is 7.58. The lowest BCUT2D eigenvalue weighted by Gasteiger charge is -2.29. The summed E-state index contributed by atoms with van der Waals surface area (Å²) in [5, 5.41) is 4.58. The lowest BCUT2D eigenvalue weighted by Crippen LogP contribution is -2.50. The van der Waals surface area contributed by atoms with Crippen LogP contribution in [0.3, 0.4) is 0 Å². The molecule has 1 aromatic carbocycles. The Bertz CT molecular complexity index is 734. The fourth-order valence-corrected chi connectivity index (χ4v) is 3.21. The molecule has 0 aromatic heterocycles. The van der Waals surface area contributed by atoms with Crippen molar-refractivity contribution in [1.29, 1.82) is 0 Å². The summed E-state index contributed by atoms with van der Waals surface area (Å²) in [5.41, 5.74) is 2.13. The van der Waals surface area contributed by atoms with E-state index in [1.54, 1.807) is 12.1 Å². The molecule has 1 fully saturated rings. The second-order valence-corrected chi connectivity index (χ2v) is 6.09. The lowest BCUT2D eigenvalue weighted by molar-refractivity contribution is -0.137. The molecule has 24 heavy (non-hydrogen) atoms. The number of imide groups is 2. The van der Waals surface area contributed by atoms with Gasteiger partial charge in [0.15, 0.2) is 0 Å². The topological polar surface area (TPSA) is 95.6 Å². The number of fused-ring (bicyclic) bond motifs is 1. The van der Waals surface area contributed by atoms with Gasteiger partial charge < -0.3 is 0 Å².